The van der Waals surface area contributed by atoms with Crippen molar-refractivity contribution in [2.24, 2.45) is 4.99 Å². The van der Waals surface area contributed by atoms with Gasteiger partial charge in [-0.2, -0.15) is 13.2 Å². The van der Waals surface area contributed by atoms with E-state index in [1.165, 1.54) is 24.0 Å². The molecular weight excluding hydrogens is 451 g/mol. The summed E-state index contributed by atoms with van der Waals surface area (Å²) in [5.74, 6) is 0.707. The Labute approximate surface area is 192 Å². The maximum absolute atomic E-state index is 14.4. The minimum atomic E-state index is -4.43. The molecule has 12 heteroatoms. The van der Waals surface area contributed by atoms with Gasteiger partial charge in [-0.1, -0.05) is 0 Å². The molecule has 0 spiro atoms. The number of alkyl halides is 3. The van der Waals surface area contributed by atoms with E-state index in [1.54, 1.807) is 42.6 Å². The summed E-state index contributed by atoms with van der Waals surface area (Å²) < 4.78 is 43.5. The third-order valence-corrected chi connectivity index (χ3v) is 5.47. The predicted molar refractivity (Wildman–Crippen MR) is 122 cm³/mol. The van der Waals surface area contributed by atoms with E-state index in [1.807, 2.05) is 0 Å². The van der Waals surface area contributed by atoms with Gasteiger partial charge in [0.25, 0.3) is 0 Å². The van der Waals surface area contributed by atoms with Crippen LogP contribution in [0.3, 0.4) is 0 Å². The van der Waals surface area contributed by atoms with E-state index in [9.17, 15) is 18.4 Å². The molecular formula is C22H22F3N7O2. The van der Waals surface area contributed by atoms with Gasteiger partial charge < -0.3 is 15.3 Å². The van der Waals surface area contributed by atoms with Crippen molar-refractivity contribution in [3.8, 4) is 5.75 Å². The number of allylic oxidation sites excluding steroid dienone is 2. The van der Waals surface area contributed by atoms with E-state index in [0.717, 1.165) is 6.34 Å². The average Bonchev–Trinajstić information content (AvgIpc) is 2.82. The van der Waals surface area contributed by atoms with Crippen molar-refractivity contribution in [3.05, 3.63) is 76.3 Å². The smallest absolute Gasteiger partial charge is 0.401 e. The highest BCUT2D eigenvalue weighted by Crippen LogP contribution is 2.37. The maximum Gasteiger partial charge on any atom is 0.401 e. The summed E-state index contributed by atoms with van der Waals surface area (Å²) in [5, 5.41) is 34.8. The second-order valence-corrected chi connectivity index (χ2v) is 7.73. The molecule has 0 saturated carbocycles. The minimum absolute atomic E-state index is 0.0761. The zero-order chi connectivity index (χ0) is 24.5. The van der Waals surface area contributed by atoms with E-state index in [4.69, 9.17) is 15.6 Å². The highest BCUT2D eigenvalue weighted by atomic mass is 19.4. The second kappa shape index (κ2) is 8.89. The molecule has 2 aliphatic rings. The van der Waals surface area contributed by atoms with Gasteiger partial charge in [0, 0.05) is 35.7 Å². The van der Waals surface area contributed by atoms with Crippen molar-refractivity contribution in [2.75, 3.05) is 20.2 Å². The Morgan fingerprint density at radius 3 is 2.68 bits per heavy atom. The SMILES string of the molecule is COc1ccc([N+]2([O-])CC(c3ccc(=N)n(C=N)c3)=CC3=C2NC(NCC(F)(F)F)N=C3)cc1. The first kappa shape index (κ1) is 23.4. The molecule has 0 bridgehead atoms. The van der Waals surface area contributed by atoms with Crippen molar-refractivity contribution in [1.82, 2.24) is 19.8 Å². The first-order chi connectivity index (χ1) is 16.1. The van der Waals surface area contributed by atoms with Crippen LogP contribution in [0, 0.1) is 16.0 Å². The quantitative estimate of drug-likeness (QED) is 0.223. The fourth-order valence-corrected chi connectivity index (χ4v) is 3.78. The summed E-state index contributed by atoms with van der Waals surface area (Å²) in [7, 11) is 1.50. The maximum atomic E-state index is 14.4. The molecule has 2 atom stereocenters. The molecule has 1 aromatic heterocycles. The lowest BCUT2D eigenvalue weighted by atomic mass is 9.98. The van der Waals surface area contributed by atoms with Crippen LogP contribution < -0.4 is 25.5 Å². The van der Waals surface area contributed by atoms with Crippen molar-refractivity contribution >= 4 is 23.8 Å². The highest BCUT2D eigenvalue weighted by Gasteiger charge is 2.38. The number of hydrogen-bond donors (Lipinski definition) is 4. The molecule has 2 aliphatic heterocycles. The molecule has 2 unspecified atom stereocenters. The normalized spacial score (nSPS) is 22.0. The van der Waals surface area contributed by atoms with Crippen LogP contribution in [-0.4, -0.2) is 49.8 Å². The van der Waals surface area contributed by atoms with Crippen molar-refractivity contribution in [1.29, 1.82) is 10.8 Å². The third kappa shape index (κ3) is 4.64. The van der Waals surface area contributed by atoms with Gasteiger partial charge >= 0.3 is 6.18 Å². The molecule has 0 amide bonds. The van der Waals surface area contributed by atoms with Crippen molar-refractivity contribution in [3.63, 3.8) is 0 Å². The Morgan fingerprint density at radius 1 is 1.29 bits per heavy atom. The molecule has 9 nitrogen and oxygen atoms in total. The number of quaternary nitrogens is 1. The first-order valence-corrected chi connectivity index (χ1v) is 10.2. The van der Waals surface area contributed by atoms with Crippen LogP contribution in [0.1, 0.15) is 5.56 Å². The number of methoxy groups -OCH3 is 1. The van der Waals surface area contributed by atoms with Gasteiger partial charge in [0.05, 0.1) is 25.6 Å². The van der Waals surface area contributed by atoms with E-state index in [0.29, 0.717) is 28.1 Å². The van der Waals surface area contributed by atoms with Gasteiger partial charge in [0.2, 0.25) is 5.82 Å². The molecule has 0 fully saturated rings. The van der Waals surface area contributed by atoms with Crippen LogP contribution >= 0.6 is 0 Å². The minimum Gasteiger partial charge on any atom is -0.620 e. The fourth-order valence-electron chi connectivity index (χ4n) is 3.78. The van der Waals surface area contributed by atoms with Crippen LogP contribution in [0.5, 0.6) is 5.75 Å². The van der Waals surface area contributed by atoms with Gasteiger partial charge in [0.15, 0.2) is 6.29 Å². The lowest BCUT2D eigenvalue weighted by Crippen LogP contribution is -2.57. The summed E-state index contributed by atoms with van der Waals surface area (Å²) in [5.41, 5.74) is 2.12. The summed E-state index contributed by atoms with van der Waals surface area (Å²) in [6, 6.07) is 9.69. The Bertz CT molecular complexity index is 1250. The number of aliphatic imine (C=N–C) groups is 1. The highest BCUT2D eigenvalue weighted by molar-refractivity contribution is 5.91. The molecule has 4 rings (SSSR count). The van der Waals surface area contributed by atoms with Gasteiger partial charge in [-0.05, 0) is 30.3 Å². The number of halogens is 3. The summed E-state index contributed by atoms with van der Waals surface area (Å²) in [6.07, 6.45) is 0.116. The summed E-state index contributed by atoms with van der Waals surface area (Å²) in [4.78, 5) is 4.09. The largest absolute Gasteiger partial charge is 0.620 e. The van der Waals surface area contributed by atoms with Gasteiger partial charge in [-0.25, -0.2) is 0 Å². The van der Waals surface area contributed by atoms with Gasteiger partial charge in [-0.3, -0.25) is 30.3 Å². The van der Waals surface area contributed by atoms with Crippen LogP contribution in [0.4, 0.5) is 18.9 Å². The van der Waals surface area contributed by atoms with Crippen LogP contribution in [-0.2, 0) is 0 Å². The molecule has 0 radical (unpaired) electrons. The van der Waals surface area contributed by atoms with Crippen LogP contribution in [0.25, 0.3) is 5.57 Å². The molecule has 0 saturated heterocycles. The number of pyridine rings is 1. The summed E-state index contributed by atoms with van der Waals surface area (Å²) in [6.45, 7) is -1.34. The molecule has 2 aromatic rings. The monoisotopic (exact) mass is 473 g/mol. The zero-order valence-electron chi connectivity index (χ0n) is 18.1. The van der Waals surface area contributed by atoms with Crippen LogP contribution in [0.2, 0.25) is 0 Å². The summed E-state index contributed by atoms with van der Waals surface area (Å²) >= 11 is 0. The number of aromatic nitrogens is 1. The van der Waals surface area contributed by atoms with E-state index in [-0.39, 0.29) is 17.9 Å². The molecule has 34 heavy (non-hydrogen) atoms. The number of nitrogens with one attached hydrogen (secondary N) is 4. The van der Waals surface area contributed by atoms with E-state index in [2.05, 4.69) is 15.6 Å². The molecule has 0 aliphatic carbocycles. The number of rotatable bonds is 6. The second-order valence-electron chi connectivity index (χ2n) is 7.73. The Balaban J connectivity index is 1.77. The number of nitrogens with zero attached hydrogens (tertiary/aromatic N) is 3. The zero-order valence-corrected chi connectivity index (χ0v) is 18.1. The van der Waals surface area contributed by atoms with Crippen LogP contribution in [0.15, 0.2) is 65.1 Å². The Kier molecular flexibility index (Phi) is 6.13. The molecule has 178 valence electrons. The number of hydroxylamine groups is 2. The molecule has 1 aromatic carbocycles. The number of hydrogen-bond acceptors (Lipinski definition) is 7. The van der Waals surface area contributed by atoms with Gasteiger partial charge in [0.1, 0.15) is 23.5 Å². The van der Waals surface area contributed by atoms with Crippen molar-refractivity contribution < 1.29 is 17.9 Å². The molecule has 4 N–H and O–H groups in total. The Hall–Kier alpha value is -3.74. The number of benzene rings is 1. The lowest BCUT2D eigenvalue weighted by Gasteiger charge is -2.47. The predicted octanol–water partition coefficient (Wildman–Crippen LogP) is 2.65. The third-order valence-electron chi connectivity index (χ3n) is 5.47. The topological polar surface area (TPSA) is 121 Å². The fraction of sp³-hybridized carbons (Fsp3) is 0.227. The van der Waals surface area contributed by atoms with Crippen molar-refractivity contribution in [2.45, 2.75) is 12.5 Å². The first-order valence-electron chi connectivity index (χ1n) is 10.2. The number of ether oxygens (including phenoxy) is 1. The van der Waals surface area contributed by atoms with Gasteiger partial charge in [-0.15, -0.1) is 0 Å². The standard InChI is InChI=1S/C22H22F3N7O2/c1-34-18-5-3-17(4-6-18)32(33)11-16(14-2-7-19(27)31(10-14)13-26)8-15-9-28-21(30-20(15)32)29-12-22(23,24)25/h2-10,13,21,26-27,29-30H,11-12H2,1H3. The lowest BCUT2D eigenvalue weighted by molar-refractivity contribution is -0.126. The molecule has 3 heterocycles. The van der Waals surface area contributed by atoms with E-state index >= 15 is 0 Å². The Morgan fingerprint density at radius 2 is 2.03 bits per heavy atom. The average molecular weight is 473 g/mol. The van der Waals surface area contributed by atoms with E-state index < -0.39 is 23.7 Å².